The van der Waals surface area contributed by atoms with Gasteiger partial charge in [0.25, 0.3) is 0 Å². The Morgan fingerprint density at radius 2 is 1.74 bits per heavy atom. The molecule has 6 heteroatoms. The number of thiocarbonyl (C=S) groups is 1. The molecule has 3 nitrogen and oxygen atoms in total. The van der Waals surface area contributed by atoms with E-state index in [-0.39, 0.29) is 6.04 Å². The molecule has 27 heavy (non-hydrogen) atoms. The van der Waals surface area contributed by atoms with Crippen LogP contribution in [0.5, 0.6) is 0 Å². The van der Waals surface area contributed by atoms with Crippen molar-refractivity contribution in [3.8, 4) is 0 Å². The van der Waals surface area contributed by atoms with Crippen molar-refractivity contribution in [2.75, 3.05) is 23.3 Å². The van der Waals surface area contributed by atoms with Crippen molar-refractivity contribution in [1.29, 1.82) is 0 Å². The van der Waals surface area contributed by atoms with Crippen molar-refractivity contribution >= 4 is 28.7 Å². The zero-order valence-corrected chi connectivity index (χ0v) is 16.5. The highest BCUT2D eigenvalue weighted by Gasteiger charge is 2.16. The lowest BCUT2D eigenvalue weighted by Gasteiger charge is -2.32. The van der Waals surface area contributed by atoms with E-state index < -0.39 is 11.6 Å². The van der Waals surface area contributed by atoms with Gasteiger partial charge >= 0.3 is 0 Å². The summed E-state index contributed by atoms with van der Waals surface area (Å²) >= 11 is 5.28. The molecular weight excluding hydrogens is 364 g/mol. The van der Waals surface area contributed by atoms with Crippen molar-refractivity contribution < 1.29 is 8.78 Å². The van der Waals surface area contributed by atoms with E-state index in [0.29, 0.717) is 10.8 Å². The number of hydrogen-bond donors (Lipinski definition) is 2. The summed E-state index contributed by atoms with van der Waals surface area (Å²) in [6.07, 6.45) is 2.48. The van der Waals surface area contributed by atoms with Crippen LogP contribution < -0.4 is 15.5 Å². The summed E-state index contributed by atoms with van der Waals surface area (Å²) in [5.41, 5.74) is 2.77. The summed E-state index contributed by atoms with van der Waals surface area (Å²) in [5, 5.41) is 6.42. The van der Waals surface area contributed by atoms with Crippen LogP contribution in [0, 0.1) is 17.6 Å². The molecule has 1 heterocycles. The van der Waals surface area contributed by atoms with Gasteiger partial charge in [-0.15, -0.1) is 0 Å². The van der Waals surface area contributed by atoms with Crippen LogP contribution in [-0.2, 0) is 0 Å². The monoisotopic (exact) mass is 389 g/mol. The highest BCUT2D eigenvalue weighted by Crippen LogP contribution is 2.24. The second-order valence-corrected chi connectivity index (χ2v) is 7.62. The molecular formula is C21H25F2N3S. The first-order valence-corrected chi connectivity index (χ1v) is 9.70. The second-order valence-electron chi connectivity index (χ2n) is 7.21. The number of anilines is 2. The highest BCUT2D eigenvalue weighted by molar-refractivity contribution is 7.80. The Morgan fingerprint density at radius 1 is 1.07 bits per heavy atom. The van der Waals surface area contributed by atoms with Gasteiger partial charge in [-0.3, -0.25) is 0 Å². The topological polar surface area (TPSA) is 27.3 Å². The molecule has 0 aliphatic carbocycles. The number of rotatable bonds is 4. The summed E-state index contributed by atoms with van der Waals surface area (Å²) in [6, 6.07) is 12.1. The van der Waals surface area contributed by atoms with Crippen molar-refractivity contribution in [2.24, 2.45) is 5.92 Å². The van der Waals surface area contributed by atoms with Gasteiger partial charge in [0.05, 0.1) is 6.04 Å². The Bertz CT molecular complexity index is 787. The van der Waals surface area contributed by atoms with Crippen molar-refractivity contribution in [1.82, 2.24) is 5.32 Å². The minimum atomic E-state index is -0.904. The van der Waals surface area contributed by atoms with Crippen molar-refractivity contribution in [3.05, 3.63) is 59.7 Å². The molecule has 1 aliphatic heterocycles. The maximum atomic E-state index is 13.3. The Balaban J connectivity index is 1.56. The summed E-state index contributed by atoms with van der Waals surface area (Å²) in [7, 11) is 0. The third-order valence-corrected chi connectivity index (χ3v) is 5.29. The van der Waals surface area contributed by atoms with Gasteiger partial charge in [-0.1, -0.05) is 19.1 Å². The number of nitrogens with zero attached hydrogens (tertiary/aromatic N) is 1. The second kappa shape index (κ2) is 8.65. The molecule has 0 bridgehead atoms. The molecule has 0 aromatic heterocycles. The fourth-order valence-electron chi connectivity index (χ4n) is 3.26. The molecule has 1 fully saturated rings. The standard InChI is InChI=1S/C21H25F2N3S/c1-14-9-11-26(12-10-14)18-6-3-16(4-7-18)15(2)24-21(27)25-17-5-8-19(22)20(23)13-17/h3-8,13-15H,9-12H2,1-2H3,(H2,24,25,27)/t15-/m1/s1. The molecule has 0 saturated carbocycles. The number of piperidine rings is 1. The zero-order chi connectivity index (χ0) is 19.4. The Hall–Kier alpha value is -2.21. The first-order valence-electron chi connectivity index (χ1n) is 9.30. The smallest absolute Gasteiger partial charge is 0.171 e. The first kappa shape index (κ1) is 19.5. The molecule has 144 valence electrons. The fraction of sp³-hybridized carbons (Fsp3) is 0.381. The molecule has 1 atom stereocenters. The van der Waals surface area contributed by atoms with Crippen LogP contribution in [0.25, 0.3) is 0 Å². The van der Waals surface area contributed by atoms with Gasteiger partial charge in [0.15, 0.2) is 16.7 Å². The lowest BCUT2D eigenvalue weighted by atomic mass is 9.98. The third kappa shape index (κ3) is 5.16. The van der Waals surface area contributed by atoms with Crippen LogP contribution in [0.2, 0.25) is 0 Å². The molecule has 2 N–H and O–H groups in total. The van der Waals surface area contributed by atoms with E-state index in [4.69, 9.17) is 12.2 Å². The van der Waals surface area contributed by atoms with E-state index in [2.05, 4.69) is 46.7 Å². The number of halogens is 2. The normalized spacial score (nSPS) is 16.1. The predicted molar refractivity (Wildman–Crippen MR) is 111 cm³/mol. The number of hydrogen-bond acceptors (Lipinski definition) is 2. The van der Waals surface area contributed by atoms with Gasteiger partial charge in [-0.05, 0) is 67.7 Å². The summed E-state index contributed by atoms with van der Waals surface area (Å²) < 4.78 is 26.3. The summed E-state index contributed by atoms with van der Waals surface area (Å²) in [6.45, 7) is 6.54. The molecule has 0 radical (unpaired) electrons. The van der Waals surface area contributed by atoms with Gasteiger partial charge in [-0.25, -0.2) is 8.78 Å². The lowest BCUT2D eigenvalue weighted by Crippen LogP contribution is -2.33. The van der Waals surface area contributed by atoms with Crippen LogP contribution in [-0.4, -0.2) is 18.2 Å². The maximum Gasteiger partial charge on any atom is 0.171 e. The molecule has 1 aliphatic rings. The van der Waals surface area contributed by atoms with Crippen LogP contribution >= 0.6 is 12.2 Å². The molecule has 0 unspecified atom stereocenters. The third-order valence-electron chi connectivity index (χ3n) is 5.07. The Labute approximate surface area is 164 Å². The van der Waals surface area contributed by atoms with Crippen LogP contribution in [0.3, 0.4) is 0 Å². The Kier molecular flexibility index (Phi) is 6.26. The minimum Gasteiger partial charge on any atom is -0.372 e. The zero-order valence-electron chi connectivity index (χ0n) is 15.6. The highest BCUT2D eigenvalue weighted by atomic mass is 32.1. The predicted octanol–water partition coefficient (Wildman–Crippen LogP) is 5.25. The van der Waals surface area contributed by atoms with E-state index in [9.17, 15) is 8.78 Å². The molecule has 3 rings (SSSR count). The average Bonchev–Trinajstić information content (AvgIpc) is 2.65. The van der Waals surface area contributed by atoms with Gasteiger partial charge in [0, 0.05) is 30.5 Å². The molecule has 0 spiro atoms. The van der Waals surface area contributed by atoms with Gasteiger partial charge < -0.3 is 15.5 Å². The van der Waals surface area contributed by atoms with Gasteiger partial charge in [0.1, 0.15) is 0 Å². The summed E-state index contributed by atoms with van der Waals surface area (Å²) in [5.74, 6) is -0.970. The largest absolute Gasteiger partial charge is 0.372 e. The van der Waals surface area contributed by atoms with Crippen molar-refractivity contribution in [2.45, 2.75) is 32.7 Å². The van der Waals surface area contributed by atoms with E-state index in [1.807, 2.05) is 6.92 Å². The van der Waals surface area contributed by atoms with Gasteiger partial charge in [0.2, 0.25) is 0 Å². The van der Waals surface area contributed by atoms with Crippen LogP contribution in [0.15, 0.2) is 42.5 Å². The SMILES string of the molecule is CC1CCN(c2ccc([C@@H](C)NC(=S)Nc3ccc(F)c(F)c3)cc2)CC1. The van der Waals surface area contributed by atoms with E-state index in [1.165, 1.54) is 24.6 Å². The average molecular weight is 390 g/mol. The van der Waals surface area contributed by atoms with Crippen LogP contribution in [0.1, 0.15) is 38.3 Å². The number of benzene rings is 2. The number of nitrogens with one attached hydrogen (secondary N) is 2. The van der Waals surface area contributed by atoms with E-state index in [1.54, 1.807) is 0 Å². The molecule has 0 amide bonds. The van der Waals surface area contributed by atoms with Crippen LogP contribution in [0.4, 0.5) is 20.2 Å². The van der Waals surface area contributed by atoms with E-state index >= 15 is 0 Å². The molecule has 2 aromatic carbocycles. The van der Waals surface area contributed by atoms with Crippen molar-refractivity contribution in [3.63, 3.8) is 0 Å². The Morgan fingerprint density at radius 3 is 2.37 bits per heavy atom. The first-order chi connectivity index (χ1) is 12.9. The van der Waals surface area contributed by atoms with E-state index in [0.717, 1.165) is 36.7 Å². The maximum absolute atomic E-state index is 13.3. The van der Waals surface area contributed by atoms with Gasteiger partial charge in [-0.2, -0.15) is 0 Å². The molecule has 1 saturated heterocycles. The fourth-order valence-corrected chi connectivity index (χ4v) is 3.56. The molecule has 2 aromatic rings. The lowest BCUT2D eigenvalue weighted by molar-refractivity contribution is 0.438. The minimum absolute atomic E-state index is 0.00859. The summed E-state index contributed by atoms with van der Waals surface area (Å²) in [4.78, 5) is 2.43. The quantitative estimate of drug-likeness (QED) is 0.699.